The summed E-state index contributed by atoms with van der Waals surface area (Å²) < 4.78 is 0. The van der Waals surface area contributed by atoms with Crippen molar-refractivity contribution in [2.75, 3.05) is 5.32 Å². The van der Waals surface area contributed by atoms with Gasteiger partial charge >= 0.3 is 5.97 Å². The van der Waals surface area contributed by atoms with E-state index in [9.17, 15) is 9.59 Å². The van der Waals surface area contributed by atoms with Gasteiger partial charge in [0.25, 0.3) is 5.56 Å². The molecule has 6 nitrogen and oxygen atoms in total. The molecular formula is C8H11N3O3. The van der Waals surface area contributed by atoms with Crippen LogP contribution in [0.2, 0.25) is 0 Å². The van der Waals surface area contributed by atoms with Crippen LogP contribution < -0.4 is 10.9 Å². The van der Waals surface area contributed by atoms with E-state index in [1.54, 1.807) is 0 Å². The van der Waals surface area contributed by atoms with Gasteiger partial charge < -0.3 is 10.4 Å². The number of nitrogens with zero attached hydrogens (tertiary/aromatic N) is 1. The zero-order valence-corrected chi connectivity index (χ0v) is 7.87. The lowest BCUT2D eigenvalue weighted by molar-refractivity contribution is 0.0697. The Kier molecular flexibility index (Phi) is 2.85. The lowest BCUT2D eigenvalue weighted by Crippen LogP contribution is -2.19. The Morgan fingerprint density at radius 1 is 1.64 bits per heavy atom. The first-order chi connectivity index (χ1) is 6.50. The van der Waals surface area contributed by atoms with Crippen LogP contribution in [-0.2, 0) is 0 Å². The number of anilines is 1. The Morgan fingerprint density at radius 2 is 2.29 bits per heavy atom. The summed E-state index contributed by atoms with van der Waals surface area (Å²) >= 11 is 0. The molecule has 0 spiro atoms. The van der Waals surface area contributed by atoms with Gasteiger partial charge in [-0.2, -0.15) is 5.10 Å². The van der Waals surface area contributed by atoms with Crippen molar-refractivity contribution < 1.29 is 9.90 Å². The monoisotopic (exact) mass is 197 g/mol. The lowest BCUT2D eigenvalue weighted by Gasteiger charge is -2.09. The van der Waals surface area contributed by atoms with Crippen molar-refractivity contribution >= 4 is 11.8 Å². The standard InChI is InChI=1S/C8H11N3O3/c1-4(2)9-7-5(8(13)14)3-6(12)10-11-7/h3-4H,1-2H3,(H,9,11)(H,10,12)(H,13,14). The molecule has 76 valence electrons. The van der Waals surface area contributed by atoms with Gasteiger partial charge in [-0.3, -0.25) is 4.79 Å². The van der Waals surface area contributed by atoms with Crippen LogP contribution in [0.4, 0.5) is 5.82 Å². The predicted molar refractivity (Wildman–Crippen MR) is 50.6 cm³/mol. The molecule has 0 aliphatic rings. The molecule has 1 rings (SSSR count). The van der Waals surface area contributed by atoms with Crippen molar-refractivity contribution in [1.29, 1.82) is 0 Å². The van der Waals surface area contributed by atoms with Crippen LogP contribution in [0.3, 0.4) is 0 Å². The minimum absolute atomic E-state index is 0.0477. The van der Waals surface area contributed by atoms with Crippen LogP contribution in [0.1, 0.15) is 24.2 Å². The van der Waals surface area contributed by atoms with Crippen LogP contribution in [-0.4, -0.2) is 27.3 Å². The summed E-state index contributed by atoms with van der Waals surface area (Å²) in [4.78, 5) is 21.5. The highest BCUT2D eigenvalue weighted by Gasteiger charge is 2.12. The van der Waals surface area contributed by atoms with Crippen molar-refractivity contribution in [3.05, 3.63) is 22.0 Å². The SMILES string of the molecule is CC(C)Nc1n[nH]c(=O)cc1C(=O)O. The number of H-pyrrole nitrogens is 1. The Labute approximate surface area is 80.0 Å². The van der Waals surface area contributed by atoms with Gasteiger partial charge in [0, 0.05) is 12.1 Å². The van der Waals surface area contributed by atoms with Crippen LogP contribution >= 0.6 is 0 Å². The van der Waals surface area contributed by atoms with E-state index in [4.69, 9.17) is 5.11 Å². The Balaban J connectivity index is 3.15. The van der Waals surface area contributed by atoms with Crippen molar-refractivity contribution in [2.45, 2.75) is 19.9 Å². The number of carboxylic acids is 1. The number of carbonyl (C=O) groups is 1. The molecule has 0 bridgehead atoms. The maximum Gasteiger partial charge on any atom is 0.339 e. The molecule has 0 aliphatic carbocycles. The summed E-state index contributed by atoms with van der Waals surface area (Å²) in [6.07, 6.45) is 0. The number of hydrogen-bond acceptors (Lipinski definition) is 4. The second-order valence-electron chi connectivity index (χ2n) is 3.10. The highest BCUT2D eigenvalue weighted by atomic mass is 16.4. The van der Waals surface area contributed by atoms with E-state index in [2.05, 4.69) is 15.5 Å². The Bertz CT molecular complexity index is 397. The molecule has 1 heterocycles. The van der Waals surface area contributed by atoms with E-state index in [0.717, 1.165) is 6.07 Å². The third-order valence-corrected chi connectivity index (χ3v) is 1.46. The second kappa shape index (κ2) is 3.91. The number of rotatable bonds is 3. The molecule has 3 N–H and O–H groups in total. The van der Waals surface area contributed by atoms with Gasteiger partial charge in [0.15, 0.2) is 5.82 Å². The van der Waals surface area contributed by atoms with Crippen molar-refractivity contribution in [2.24, 2.45) is 0 Å². The van der Waals surface area contributed by atoms with Crippen molar-refractivity contribution in [3.8, 4) is 0 Å². The normalized spacial score (nSPS) is 10.2. The second-order valence-corrected chi connectivity index (χ2v) is 3.10. The van der Waals surface area contributed by atoms with Crippen LogP contribution in [0, 0.1) is 0 Å². The molecule has 14 heavy (non-hydrogen) atoms. The fraction of sp³-hybridized carbons (Fsp3) is 0.375. The molecule has 0 aliphatic heterocycles. The van der Waals surface area contributed by atoms with E-state index in [0.29, 0.717) is 0 Å². The number of aromatic amines is 1. The smallest absolute Gasteiger partial charge is 0.339 e. The summed E-state index contributed by atoms with van der Waals surface area (Å²) in [6, 6.07) is 1.05. The average Bonchev–Trinajstić information content (AvgIpc) is 2.07. The molecule has 0 atom stereocenters. The number of carboxylic acid groups (broad SMARTS) is 1. The number of hydrogen-bond donors (Lipinski definition) is 3. The number of nitrogens with one attached hydrogen (secondary N) is 2. The topological polar surface area (TPSA) is 95.1 Å². The van der Waals surface area contributed by atoms with Crippen molar-refractivity contribution in [3.63, 3.8) is 0 Å². The lowest BCUT2D eigenvalue weighted by atomic mass is 10.2. The molecule has 0 fully saturated rings. The average molecular weight is 197 g/mol. The first kappa shape index (κ1) is 10.2. The molecule has 0 amide bonds. The van der Waals surface area contributed by atoms with Gasteiger partial charge in [0.1, 0.15) is 5.56 Å². The molecule has 1 aromatic heterocycles. The molecule has 0 radical (unpaired) electrons. The van der Waals surface area contributed by atoms with Gasteiger partial charge in [-0.05, 0) is 13.8 Å². The molecule has 0 saturated carbocycles. The number of aromatic carboxylic acids is 1. The summed E-state index contributed by atoms with van der Waals surface area (Å²) in [5.41, 5.74) is -0.654. The summed E-state index contributed by atoms with van der Waals surface area (Å²) in [6.45, 7) is 3.69. The fourth-order valence-corrected chi connectivity index (χ4v) is 0.949. The quantitative estimate of drug-likeness (QED) is 0.647. The van der Waals surface area contributed by atoms with E-state index in [-0.39, 0.29) is 17.4 Å². The Morgan fingerprint density at radius 3 is 2.79 bits per heavy atom. The maximum atomic E-state index is 10.8. The minimum atomic E-state index is -1.17. The zero-order chi connectivity index (χ0) is 10.7. The molecule has 1 aromatic rings. The first-order valence-corrected chi connectivity index (χ1v) is 4.10. The predicted octanol–water partition coefficient (Wildman–Crippen LogP) is 0.288. The molecule has 0 unspecified atom stereocenters. The van der Waals surface area contributed by atoms with E-state index < -0.39 is 11.5 Å². The maximum absolute atomic E-state index is 10.8. The largest absolute Gasteiger partial charge is 0.478 e. The van der Waals surface area contributed by atoms with Gasteiger partial charge in [0.05, 0.1) is 0 Å². The zero-order valence-electron chi connectivity index (χ0n) is 7.87. The first-order valence-electron chi connectivity index (χ1n) is 4.10. The van der Waals surface area contributed by atoms with Crippen LogP contribution in [0.25, 0.3) is 0 Å². The highest BCUT2D eigenvalue weighted by molar-refractivity contribution is 5.92. The van der Waals surface area contributed by atoms with E-state index in [1.165, 1.54) is 0 Å². The minimum Gasteiger partial charge on any atom is -0.478 e. The van der Waals surface area contributed by atoms with Crippen LogP contribution in [0.5, 0.6) is 0 Å². The van der Waals surface area contributed by atoms with Crippen molar-refractivity contribution in [1.82, 2.24) is 10.2 Å². The molecule has 6 heteroatoms. The molecule has 0 saturated heterocycles. The fourth-order valence-electron chi connectivity index (χ4n) is 0.949. The van der Waals surface area contributed by atoms with Crippen LogP contribution in [0.15, 0.2) is 10.9 Å². The van der Waals surface area contributed by atoms with Gasteiger partial charge in [-0.15, -0.1) is 0 Å². The highest BCUT2D eigenvalue weighted by Crippen LogP contribution is 2.09. The molecule has 0 aromatic carbocycles. The molecular weight excluding hydrogens is 186 g/mol. The number of aromatic nitrogens is 2. The summed E-state index contributed by atoms with van der Waals surface area (Å²) in [5, 5.41) is 17.4. The Hall–Kier alpha value is -1.85. The van der Waals surface area contributed by atoms with Gasteiger partial charge in [-0.25, -0.2) is 9.89 Å². The van der Waals surface area contributed by atoms with Gasteiger partial charge in [-0.1, -0.05) is 0 Å². The summed E-state index contributed by atoms with van der Waals surface area (Å²) in [5.74, 6) is -1.00. The van der Waals surface area contributed by atoms with E-state index in [1.807, 2.05) is 13.8 Å². The summed E-state index contributed by atoms with van der Waals surface area (Å²) in [7, 11) is 0. The van der Waals surface area contributed by atoms with Gasteiger partial charge in [0.2, 0.25) is 0 Å². The third kappa shape index (κ3) is 2.32. The van der Waals surface area contributed by atoms with E-state index >= 15 is 0 Å². The third-order valence-electron chi connectivity index (χ3n) is 1.46.